The third kappa shape index (κ3) is 4.21. The minimum atomic E-state index is -0.541. The van der Waals surface area contributed by atoms with Crippen LogP contribution in [0.5, 0.6) is 0 Å². The van der Waals surface area contributed by atoms with Crippen LogP contribution >= 0.6 is 23.2 Å². The second-order valence-corrected chi connectivity index (χ2v) is 7.42. The molecule has 1 saturated heterocycles. The number of ether oxygens (including phenoxy) is 1. The van der Waals surface area contributed by atoms with Crippen LogP contribution in [0.4, 0.5) is 14.9 Å². The Bertz CT molecular complexity index is 604. The van der Waals surface area contributed by atoms with Crippen LogP contribution in [-0.2, 0) is 4.74 Å². The number of halogens is 3. The molecule has 7 heteroatoms. The van der Waals surface area contributed by atoms with Crippen molar-refractivity contribution in [3.63, 3.8) is 0 Å². The summed E-state index contributed by atoms with van der Waals surface area (Å²) >= 11 is 12.0. The lowest BCUT2D eigenvalue weighted by Crippen LogP contribution is -2.54. The van der Waals surface area contributed by atoms with Crippen molar-refractivity contribution < 1.29 is 13.9 Å². The maximum Gasteiger partial charge on any atom is 0.410 e. The lowest BCUT2D eigenvalue weighted by Gasteiger charge is -2.41. The van der Waals surface area contributed by atoms with Gasteiger partial charge in [0.15, 0.2) is 0 Å². The number of benzene rings is 1. The van der Waals surface area contributed by atoms with Gasteiger partial charge in [-0.3, -0.25) is 0 Å². The molecule has 1 fully saturated rings. The van der Waals surface area contributed by atoms with Crippen LogP contribution in [0.1, 0.15) is 27.7 Å². The van der Waals surface area contributed by atoms with Gasteiger partial charge in [-0.25, -0.2) is 9.18 Å². The second-order valence-electron chi connectivity index (χ2n) is 6.66. The standard InChI is InChI=1S/C16H21Cl2FN2O2/c1-10-9-20(15(22)23-16(2,3)4)7-8-21(10)12-6-5-11(19)13(17)14(12)18/h5-6,10H,7-9H2,1-4H3. The first-order chi connectivity index (χ1) is 10.6. The van der Waals surface area contributed by atoms with Gasteiger partial charge in [0, 0.05) is 25.7 Å². The fourth-order valence-corrected chi connectivity index (χ4v) is 2.97. The number of rotatable bonds is 1. The molecule has 1 unspecified atom stereocenters. The number of hydrogen-bond donors (Lipinski definition) is 0. The van der Waals surface area contributed by atoms with E-state index in [0.29, 0.717) is 25.3 Å². The van der Waals surface area contributed by atoms with Gasteiger partial charge in [-0.1, -0.05) is 23.2 Å². The largest absolute Gasteiger partial charge is 0.444 e. The highest BCUT2D eigenvalue weighted by atomic mass is 35.5. The van der Waals surface area contributed by atoms with Gasteiger partial charge in [0.2, 0.25) is 0 Å². The fraction of sp³-hybridized carbons (Fsp3) is 0.562. The number of carbonyl (C=O) groups is 1. The molecule has 0 radical (unpaired) electrons. The number of nitrogens with zero attached hydrogens (tertiary/aromatic N) is 2. The lowest BCUT2D eigenvalue weighted by atomic mass is 10.1. The summed E-state index contributed by atoms with van der Waals surface area (Å²) in [6.45, 7) is 9.07. The van der Waals surface area contributed by atoms with Crippen molar-refractivity contribution >= 4 is 35.0 Å². The van der Waals surface area contributed by atoms with E-state index in [2.05, 4.69) is 0 Å². The topological polar surface area (TPSA) is 32.8 Å². The van der Waals surface area contributed by atoms with Crippen molar-refractivity contribution in [2.45, 2.75) is 39.3 Å². The Hall–Kier alpha value is -1.20. The van der Waals surface area contributed by atoms with Gasteiger partial charge in [-0.05, 0) is 39.8 Å². The maximum atomic E-state index is 13.4. The zero-order valence-corrected chi connectivity index (χ0v) is 15.2. The lowest BCUT2D eigenvalue weighted by molar-refractivity contribution is 0.0219. The maximum absolute atomic E-state index is 13.4. The van der Waals surface area contributed by atoms with Gasteiger partial charge in [-0.15, -0.1) is 0 Å². The third-order valence-corrected chi connectivity index (χ3v) is 4.45. The highest BCUT2D eigenvalue weighted by Crippen LogP contribution is 2.36. The van der Waals surface area contributed by atoms with E-state index >= 15 is 0 Å². The molecular weight excluding hydrogens is 342 g/mol. The van der Waals surface area contributed by atoms with E-state index in [1.54, 1.807) is 11.0 Å². The zero-order valence-electron chi connectivity index (χ0n) is 13.7. The molecule has 4 nitrogen and oxygen atoms in total. The number of carbonyl (C=O) groups excluding carboxylic acids is 1. The van der Waals surface area contributed by atoms with Crippen molar-refractivity contribution in [1.29, 1.82) is 0 Å². The molecule has 1 aliphatic rings. The summed E-state index contributed by atoms with van der Waals surface area (Å²) in [5.74, 6) is -0.541. The van der Waals surface area contributed by atoms with Gasteiger partial charge in [0.1, 0.15) is 11.4 Å². The molecule has 1 aliphatic heterocycles. The predicted molar refractivity (Wildman–Crippen MR) is 91.0 cm³/mol. The van der Waals surface area contributed by atoms with Gasteiger partial charge in [0.25, 0.3) is 0 Å². The Labute approximate surface area is 146 Å². The van der Waals surface area contributed by atoms with Crippen LogP contribution in [0.3, 0.4) is 0 Å². The number of amides is 1. The van der Waals surface area contributed by atoms with Crippen LogP contribution in [0.15, 0.2) is 12.1 Å². The average molecular weight is 363 g/mol. The molecule has 1 aromatic carbocycles. The second kappa shape index (κ2) is 6.73. The minimum absolute atomic E-state index is 0.00953. The van der Waals surface area contributed by atoms with E-state index in [9.17, 15) is 9.18 Å². The molecule has 128 valence electrons. The first-order valence-electron chi connectivity index (χ1n) is 7.48. The van der Waals surface area contributed by atoms with Crippen molar-refractivity contribution in [1.82, 2.24) is 4.90 Å². The minimum Gasteiger partial charge on any atom is -0.444 e. The Kier molecular flexibility index (Phi) is 5.31. The highest BCUT2D eigenvalue weighted by Gasteiger charge is 2.31. The van der Waals surface area contributed by atoms with Crippen LogP contribution < -0.4 is 4.90 Å². The molecule has 0 spiro atoms. The molecule has 1 amide bonds. The summed E-state index contributed by atoms with van der Waals surface area (Å²) in [7, 11) is 0. The predicted octanol–water partition coefficient (Wildman–Crippen LogP) is 4.58. The molecule has 0 aromatic heterocycles. The SMILES string of the molecule is CC1CN(C(=O)OC(C)(C)C)CCN1c1ccc(F)c(Cl)c1Cl. The van der Waals surface area contributed by atoms with Crippen molar-refractivity contribution in [3.05, 3.63) is 28.0 Å². The first kappa shape index (κ1) is 18.1. The number of hydrogen-bond acceptors (Lipinski definition) is 3. The Morgan fingerprint density at radius 2 is 1.91 bits per heavy atom. The van der Waals surface area contributed by atoms with Crippen LogP contribution in [-0.4, -0.2) is 42.3 Å². The first-order valence-corrected chi connectivity index (χ1v) is 8.24. The highest BCUT2D eigenvalue weighted by molar-refractivity contribution is 6.43. The number of anilines is 1. The molecule has 1 heterocycles. The van der Waals surface area contributed by atoms with Crippen molar-refractivity contribution in [2.75, 3.05) is 24.5 Å². The van der Waals surface area contributed by atoms with E-state index < -0.39 is 11.4 Å². The van der Waals surface area contributed by atoms with Gasteiger partial charge >= 0.3 is 6.09 Å². The fourth-order valence-electron chi connectivity index (χ4n) is 2.55. The summed E-state index contributed by atoms with van der Waals surface area (Å²) in [6.07, 6.45) is -0.327. The monoisotopic (exact) mass is 362 g/mol. The quantitative estimate of drug-likeness (QED) is 0.685. The molecule has 1 atom stereocenters. The molecule has 2 rings (SSSR count). The van der Waals surface area contributed by atoms with E-state index in [4.69, 9.17) is 27.9 Å². The third-order valence-electron chi connectivity index (χ3n) is 3.60. The van der Waals surface area contributed by atoms with E-state index in [1.165, 1.54) is 6.07 Å². The average Bonchev–Trinajstić information content (AvgIpc) is 2.44. The van der Waals surface area contributed by atoms with E-state index in [0.717, 1.165) is 0 Å². The molecule has 0 saturated carbocycles. The van der Waals surface area contributed by atoms with Crippen LogP contribution in [0.2, 0.25) is 10.0 Å². The van der Waals surface area contributed by atoms with Gasteiger partial charge in [0.05, 0.1) is 15.7 Å². The summed E-state index contributed by atoms with van der Waals surface area (Å²) in [4.78, 5) is 15.9. The Balaban J connectivity index is 2.11. The summed E-state index contributed by atoms with van der Waals surface area (Å²) in [5.41, 5.74) is 0.153. The summed E-state index contributed by atoms with van der Waals surface area (Å²) < 4.78 is 18.8. The summed E-state index contributed by atoms with van der Waals surface area (Å²) in [6, 6.07) is 2.93. The van der Waals surface area contributed by atoms with E-state index in [-0.39, 0.29) is 22.2 Å². The van der Waals surface area contributed by atoms with Gasteiger partial charge in [-0.2, -0.15) is 0 Å². The molecule has 0 aliphatic carbocycles. The smallest absolute Gasteiger partial charge is 0.410 e. The molecule has 0 N–H and O–H groups in total. The Morgan fingerprint density at radius 1 is 1.26 bits per heavy atom. The normalized spacial score (nSPS) is 19.0. The van der Waals surface area contributed by atoms with Crippen molar-refractivity contribution in [2.24, 2.45) is 0 Å². The van der Waals surface area contributed by atoms with E-state index in [1.807, 2.05) is 32.6 Å². The Morgan fingerprint density at radius 3 is 2.48 bits per heavy atom. The molecule has 0 bridgehead atoms. The molecule has 23 heavy (non-hydrogen) atoms. The van der Waals surface area contributed by atoms with Crippen molar-refractivity contribution in [3.8, 4) is 0 Å². The van der Waals surface area contributed by atoms with Crippen LogP contribution in [0, 0.1) is 5.82 Å². The zero-order chi connectivity index (χ0) is 17.4. The van der Waals surface area contributed by atoms with Crippen LogP contribution in [0.25, 0.3) is 0 Å². The molecule has 1 aromatic rings. The molecular formula is C16H21Cl2FN2O2. The van der Waals surface area contributed by atoms with Gasteiger partial charge < -0.3 is 14.5 Å². The summed E-state index contributed by atoms with van der Waals surface area (Å²) in [5, 5.41) is 0.121. The number of piperazine rings is 1.